The molecule has 0 aromatic heterocycles. The smallest absolute Gasteiger partial charge is 0.303 e. The third-order valence-electron chi connectivity index (χ3n) is 0.227. The number of hydrogen-bond donors (Lipinski definition) is 0. The number of alkyl halides is 1. The summed E-state index contributed by atoms with van der Waals surface area (Å²) in [5, 5.41) is 0. The lowest BCUT2D eigenvalue weighted by Crippen LogP contribution is -1.70. The second-order valence-electron chi connectivity index (χ2n) is 0.644. The van der Waals surface area contributed by atoms with Crippen LogP contribution in [-0.4, -0.2) is 35.2 Å². The average molecular weight is 119 g/mol. The van der Waals surface area contributed by atoms with E-state index in [0.717, 1.165) is 6.29 Å². The van der Waals surface area contributed by atoms with Gasteiger partial charge in [-0.1, -0.05) is 0 Å². The Hall–Kier alpha value is 0.726. The van der Waals surface area contributed by atoms with Crippen molar-refractivity contribution in [3.8, 4) is 0 Å². The molecule has 0 unspecified atom stereocenters. The molecule has 0 spiro atoms. The molecule has 3 heteroatoms. The molecule has 0 N–H and O–H groups in total. The van der Waals surface area contributed by atoms with Gasteiger partial charge in [-0.3, -0.25) is 0 Å². The van der Waals surface area contributed by atoms with E-state index in [1.54, 1.807) is 0 Å². The van der Waals surface area contributed by atoms with Crippen LogP contribution in [0.1, 0.15) is 6.42 Å². The summed E-state index contributed by atoms with van der Waals surface area (Å²) in [6.45, 7) is 0. The van der Waals surface area contributed by atoms with Crippen LogP contribution in [-0.2, 0) is 4.79 Å². The molecule has 0 heterocycles. The van der Waals surface area contributed by atoms with E-state index in [4.69, 9.17) is 11.6 Å². The van der Waals surface area contributed by atoms with Gasteiger partial charge in [0.1, 0.15) is 6.29 Å². The summed E-state index contributed by atoms with van der Waals surface area (Å²) < 4.78 is 0. The minimum Gasteiger partial charge on any atom is -0.303 e. The summed E-state index contributed by atoms with van der Waals surface area (Å²) in [4.78, 5) is 9.32. The molecule has 34 valence electrons. The topological polar surface area (TPSA) is 17.1 Å². The highest BCUT2D eigenvalue weighted by atomic mass is 35.5. The number of carbonyl (C=O) groups excluding carboxylic acids is 1. The van der Waals surface area contributed by atoms with Crippen molar-refractivity contribution in [1.82, 2.24) is 0 Å². The van der Waals surface area contributed by atoms with Crippen molar-refractivity contribution in [2.75, 3.05) is 5.88 Å². The molecular weight excluding hydrogens is 112 g/mol. The highest BCUT2D eigenvalue weighted by Crippen LogP contribution is 1.74. The quantitative estimate of drug-likeness (QED) is 0.281. The van der Waals surface area contributed by atoms with Gasteiger partial charge in [0.25, 0.3) is 0 Å². The van der Waals surface area contributed by atoms with Gasteiger partial charge in [-0.05, 0) is 0 Å². The number of carbonyl (C=O) groups is 1. The van der Waals surface area contributed by atoms with Crippen LogP contribution in [0, 0.1) is 0 Å². The van der Waals surface area contributed by atoms with Gasteiger partial charge in [-0.2, -0.15) is 0 Å². The third kappa shape index (κ3) is 8.83. The van der Waals surface area contributed by atoms with Crippen LogP contribution in [0.25, 0.3) is 0 Å². The van der Waals surface area contributed by atoms with Crippen LogP contribution >= 0.6 is 11.6 Å². The lowest BCUT2D eigenvalue weighted by Gasteiger charge is -1.66. The van der Waals surface area contributed by atoms with E-state index in [1.807, 2.05) is 0 Å². The van der Waals surface area contributed by atoms with Crippen molar-refractivity contribution in [2.45, 2.75) is 6.42 Å². The molecule has 0 aliphatic heterocycles. The van der Waals surface area contributed by atoms with Gasteiger partial charge in [0.15, 0.2) is 0 Å². The molecule has 6 heavy (non-hydrogen) atoms. The Labute approximate surface area is 58.2 Å². The number of rotatable bonds is 2. The highest BCUT2D eigenvalue weighted by Gasteiger charge is 1.69. The van der Waals surface area contributed by atoms with Gasteiger partial charge < -0.3 is 4.79 Å². The fraction of sp³-hybridized carbons (Fsp3) is 0.667. The first kappa shape index (κ1) is 9.87. The number of aldehydes is 1. The zero-order valence-electron chi connectivity index (χ0n) is 2.78. The van der Waals surface area contributed by atoms with Crippen molar-refractivity contribution in [3.05, 3.63) is 0 Å². The van der Waals surface area contributed by atoms with E-state index in [1.165, 1.54) is 0 Å². The summed E-state index contributed by atoms with van der Waals surface area (Å²) in [6.07, 6.45) is 1.27. The molecule has 0 saturated carbocycles. The molecule has 0 aromatic carbocycles. The maximum Gasteiger partial charge on any atom is 0.316 e. The van der Waals surface area contributed by atoms with E-state index in [9.17, 15) is 4.79 Å². The second kappa shape index (κ2) is 9.21. The fourth-order valence-electron chi connectivity index (χ4n) is 0.0445. The maximum atomic E-state index is 9.32. The Morgan fingerprint density at radius 2 is 2.17 bits per heavy atom. The van der Waals surface area contributed by atoms with Crippen molar-refractivity contribution in [3.63, 3.8) is 0 Å². The monoisotopic (exact) mass is 118 g/mol. The van der Waals surface area contributed by atoms with E-state index < -0.39 is 0 Å². The second-order valence-corrected chi connectivity index (χ2v) is 1.02. The lowest BCUT2D eigenvalue weighted by molar-refractivity contribution is -0.107. The predicted molar refractivity (Wildman–Crippen MR) is 29.9 cm³/mol. The zero-order chi connectivity index (χ0) is 4.12. The minimum absolute atomic E-state index is 0. The van der Waals surface area contributed by atoms with E-state index in [2.05, 4.69) is 0 Å². The molecule has 0 aromatic rings. The van der Waals surface area contributed by atoms with Crippen molar-refractivity contribution >= 4 is 40.9 Å². The molecule has 0 rings (SSSR count). The van der Waals surface area contributed by atoms with Crippen molar-refractivity contribution in [1.29, 1.82) is 0 Å². The fourth-order valence-corrected chi connectivity index (χ4v) is 0.134. The van der Waals surface area contributed by atoms with Gasteiger partial charge in [-0.15, -0.1) is 11.6 Å². The van der Waals surface area contributed by atoms with E-state index >= 15 is 0 Å². The van der Waals surface area contributed by atoms with Crippen molar-refractivity contribution < 1.29 is 4.79 Å². The first-order valence-electron chi connectivity index (χ1n) is 1.41. The molecule has 0 saturated heterocycles. The third-order valence-corrected chi connectivity index (χ3v) is 0.445. The lowest BCUT2D eigenvalue weighted by atomic mass is 10.6. The van der Waals surface area contributed by atoms with Crippen LogP contribution in [0.4, 0.5) is 0 Å². The zero-order valence-corrected chi connectivity index (χ0v) is 3.53. The molecule has 0 aliphatic carbocycles. The SMILES string of the molecule is O=CCCCl.[MgH2]. The summed E-state index contributed by atoms with van der Waals surface area (Å²) in [7, 11) is 0. The van der Waals surface area contributed by atoms with Gasteiger partial charge in [0.2, 0.25) is 0 Å². The van der Waals surface area contributed by atoms with Crippen LogP contribution in [0.2, 0.25) is 0 Å². The predicted octanol–water partition coefficient (Wildman–Crippen LogP) is -0.102. The standard InChI is InChI=1S/C3H5ClO.Mg.2H/c4-2-1-3-5;;;/h3H,1-2H2;;;. The Kier molecular flexibility index (Phi) is 15.2. The Balaban J connectivity index is 0. The Bertz CT molecular complexity index is 32.0. The highest BCUT2D eigenvalue weighted by molar-refractivity contribution is 6.18. The van der Waals surface area contributed by atoms with Crippen LogP contribution in [0.5, 0.6) is 0 Å². The van der Waals surface area contributed by atoms with E-state index in [0.29, 0.717) is 12.3 Å². The minimum atomic E-state index is 0. The summed E-state index contributed by atoms with van der Waals surface area (Å²) in [6, 6.07) is 0. The van der Waals surface area contributed by atoms with Crippen LogP contribution in [0.3, 0.4) is 0 Å². The van der Waals surface area contributed by atoms with E-state index in [-0.39, 0.29) is 23.1 Å². The summed E-state index contributed by atoms with van der Waals surface area (Å²) in [5.41, 5.74) is 0. The Morgan fingerprint density at radius 1 is 1.67 bits per heavy atom. The van der Waals surface area contributed by atoms with Crippen molar-refractivity contribution in [2.24, 2.45) is 0 Å². The normalized spacial score (nSPS) is 6.17. The molecule has 0 amide bonds. The molecule has 0 fully saturated rings. The summed E-state index contributed by atoms with van der Waals surface area (Å²) >= 11 is 5.07. The number of halogens is 1. The number of hydrogen-bond acceptors (Lipinski definition) is 1. The summed E-state index contributed by atoms with van der Waals surface area (Å²) in [5.74, 6) is 0.448. The first-order chi connectivity index (χ1) is 2.41. The molecular formula is C3H7ClMgO. The largest absolute Gasteiger partial charge is 0.316 e. The molecule has 0 radical (unpaired) electrons. The Morgan fingerprint density at radius 3 is 2.17 bits per heavy atom. The van der Waals surface area contributed by atoms with Gasteiger partial charge in [-0.25, -0.2) is 0 Å². The first-order valence-corrected chi connectivity index (χ1v) is 1.95. The molecule has 0 aliphatic rings. The maximum absolute atomic E-state index is 9.32. The van der Waals surface area contributed by atoms with Gasteiger partial charge in [0, 0.05) is 12.3 Å². The van der Waals surface area contributed by atoms with Crippen LogP contribution in [0.15, 0.2) is 0 Å². The van der Waals surface area contributed by atoms with Gasteiger partial charge >= 0.3 is 23.1 Å². The van der Waals surface area contributed by atoms with Gasteiger partial charge in [0.05, 0.1) is 0 Å². The van der Waals surface area contributed by atoms with Crippen LogP contribution < -0.4 is 0 Å². The molecule has 0 bridgehead atoms. The average Bonchev–Trinajstić information content (AvgIpc) is 1.41. The molecule has 0 atom stereocenters. The molecule has 1 nitrogen and oxygen atoms in total.